The first-order chi connectivity index (χ1) is 11.0. The number of nitrogens with one attached hydrogen (secondary N) is 2. The molecule has 1 aromatic carbocycles. The molecule has 0 unspecified atom stereocenters. The lowest BCUT2D eigenvalue weighted by molar-refractivity contribution is -0.120. The zero-order valence-electron chi connectivity index (χ0n) is 12.8. The molecule has 2 N–H and O–H groups in total. The molecule has 1 aromatic heterocycles. The molecular weight excluding hydrogens is 317 g/mol. The monoisotopic (exact) mass is 335 g/mol. The van der Waals surface area contributed by atoms with Gasteiger partial charge in [-0.1, -0.05) is 24.6 Å². The number of hydrogen-bond donors (Lipinski definition) is 2. The van der Waals surface area contributed by atoms with Crippen LogP contribution < -0.4 is 10.9 Å². The quantitative estimate of drug-likeness (QED) is 0.665. The van der Waals surface area contributed by atoms with E-state index in [0.717, 1.165) is 31.7 Å². The highest BCUT2D eigenvalue weighted by atomic mass is 32.2. The van der Waals surface area contributed by atoms with Gasteiger partial charge in [0.1, 0.15) is 5.82 Å². The van der Waals surface area contributed by atoms with Crippen molar-refractivity contribution in [3.05, 3.63) is 34.4 Å². The number of amides is 1. The second-order valence-electron chi connectivity index (χ2n) is 5.78. The number of fused-ring (bicyclic) bond motifs is 1. The van der Waals surface area contributed by atoms with E-state index in [0.29, 0.717) is 10.7 Å². The Labute approximate surface area is 137 Å². The summed E-state index contributed by atoms with van der Waals surface area (Å²) < 4.78 is 13.2. The molecule has 23 heavy (non-hydrogen) atoms. The topological polar surface area (TPSA) is 74.8 Å². The van der Waals surface area contributed by atoms with Crippen molar-refractivity contribution in [2.45, 2.75) is 49.1 Å². The van der Waals surface area contributed by atoms with Crippen LogP contribution in [-0.4, -0.2) is 27.2 Å². The summed E-state index contributed by atoms with van der Waals surface area (Å²) in [7, 11) is 0. The van der Waals surface area contributed by atoms with Gasteiger partial charge in [0, 0.05) is 6.04 Å². The lowest BCUT2D eigenvalue weighted by Gasteiger charge is -2.16. The van der Waals surface area contributed by atoms with Gasteiger partial charge in [0.05, 0.1) is 16.2 Å². The molecule has 1 aliphatic carbocycles. The van der Waals surface area contributed by atoms with Gasteiger partial charge in [0.2, 0.25) is 5.91 Å². The summed E-state index contributed by atoms with van der Waals surface area (Å²) in [5.74, 6) is -0.529. The molecule has 0 bridgehead atoms. The minimum Gasteiger partial charge on any atom is -0.352 e. The number of aromatic amines is 1. The minimum absolute atomic E-state index is 0.0521. The highest BCUT2D eigenvalue weighted by Crippen LogP contribution is 2.22. The lowest BCUT2D eigenvalue weighted by atomic mass is 10.2. The third-order valence-corrected chi connectivity index (χ3v) is 4.99. The average molecular weight is 335 g/mol. The molecule has 1 fully saturated rings. The maximum atomic E-state index is 13.2. The molecule has 1 atom stereocenters. The van der Waals surface area contributed by atoms with Crippen molar-refractivity contribution in [1.29, 1.82) is 0 Å². The van der Waals surface area contributed by atoms with Crippen LogP contribution in [0.25, 0.3) is 10.9 Å². The molecule has 0 spiro atoms. The lowest BCUT2D eigenvalue weighted by Crippen LogP contribution is -2.37. The molecule has 0 aliphatic heterocycles. The molecule has 1 aliphatic rings. The van der Waals surface area contributed by atoms with E-state index in [1.54, 1.807) is 6.92 Å². The minimum atomic E-state index is -0.477. The molecule has 122 valence electrons. The summed E-state index contributed by atoms with van der Waals surface area (Å²) in [6.45, 7) is 1.78. The number of H-pyrrole nitrogens is 1. The highest BCUT2D eigenvalue weighted by molar-refractivity contribution is 8.00. The zero-order chi connectivity index (χ0) is 16.4. The molecule has 0 radical (unpaired) electrons. The molecule has 1 saturated carbocycles. The Morgan fingerprint density at radius 2 is 2.17 bits per heavy atom. The average Bonchev–Trinajstić information content (AvgIpc) is 3.01. The molecule has 1 amide bonds. The van der Waals surface area contributed by atoms with Gasteiger partial charge in [-0.05, 0) is 38.0 Å². The molecular formula is C16H18FN3O2S. The first-order valence-corrected chi connectivity index (χ1v) is 8.57. The van der Waals surface area contributed by atoms with Crippen LogP contribution in [0.3, 0.4) is 0 Å². The zero-order valence-corrected chi connectivity index (χ0v) is 13.6. The van der Waals surface area contributed by atoms with Crippen molar-refractivity contribution in [2.75, 3.05) is 0 Å². The van der Waals surface area contributed by atoms with Crippen LogP contribution in [0.4, 0.5) is 4.39 Å². The van der Waals surface area contributed by atoms with Crippen LogP contribution in [0.15, 0.2) is 28.2 Å². The molecule has 5 nitrogen and oxygen atoms in total. The predicted octanol–water partition coefficient (Wildman–Crippen LogP) is 2.60. The van der Waals surface area contributed by atoms with E-state index < -0.39 is 11.4 Å². The second-order valence-corrected chi connectivity index (χ2v) is 7.11. The molecule has 2 aromatic rings. The fourth-order valence-electron chi connectivity index (χ4n) is 2.75. The maximum absolute atomic E-state index is 13.2. The van der Waals surface area contributed by atoms with Crippen molar-refractivity contribution in [3.8, 4) is 0 Å². The first-order valence-electron chi connectivity index (χ1n) is 7.69. The van der Waals surface area contributed by atoms with Gasteiger partial charge >= 0.3 is 0 Å². The SMILES string of the molecule is C[C@H](Sc1nc2ccc(F)cc2c(=O)[nH]1)C(=O)NC1CCCC1. The van der Waals surface area contributed by atoms with Crippen molar-refractivity contribution < 1.29 is 9.18 Å². The van der Waals surface area contributed by atoms with Crippen LogP contribution in [0, 0.1) is 5.82 Å². The fourth-order valence-corrected chi connectivity index (χ4v) is 3.57. The molecule has 7 heteroatoms. The van der Waals surface area contributed by atoms with Crippen molar-refractivity contribution in [1.82, 2.24) is 15.3 Å². The number of benzene rings is 1. The van der Waals surface area contributed by atoms with E-state index in [9.17, 15) is 14.0 Å². The van der Waals surface area contributed by atoms with E-state index in [1.165, 1.54) is 23.9 Å². The van der Waals surface area contributed by atoms with E-state index in [1.807, 2.05) is 0 Å². The summed E-state index contributed by atoms with van der Waals surface area (Å²) in [6, 6.07) is 4.15. The van der Waals surface area contributed by atoms with Gasteiger partial charge in [-0.25, -0.2) is 9.37 Å². The van der Waals surface area contributed by atoms with Gasteiger partial charge in [0.25, 0.3) is 5.56 Å². The summed E-state index contributed by atoms with van der Waals surface area (Å²) in [5, 5.41) is 3.23. The second kappa shape index (κ2) is 6.70. The number of nitrogens with zero attached hydrogens (tertiary/aromatic N) is 1. The number of halogens is 1. The van der Waals surface area contributed by atoms with Gasteiger partial charge in [-0.15, -0.1) is 0 Å². The Bertz CT molecular complexity index is 786. The standard InChI is InChI=1S/C16H18FN3O2S/c1-9(14(21)18-11-4-2-3-5-11)23-16-19-13-7-6-10(17)8-12(13)15(22)20-16/h6-9,11H,2-5H2,1H3,(H,18,21)(H,19,20,22)/t9-/m0/s1. The fraction of sp³-hybridized carbons (Fsp3) is 0.438. The Balaban J connectivity index is 1.74. The van der Waals surface area contributed by atoms with E-state index in [2.05, 4.69) is 15.3 Å². The number of carbonyl (C=O) groups is 1. The Morgan fingerprint density at radius 1 is 1.43 bits per heavy atom. The molecule has 1 heterocycles. The third-order valence-electron chi connectivity index (χ3n) is 4.00. The molecule has 3 rings (SSSR count). The summed E-state index contributed by atoms with van der Waals surface area (Å²) in [4.78, 5) is 31.1. The highest BCUT2D eigenvalue weighted by Gasteiger charge is 2.22. The number of hydrogen-bond acceptors (Lipinski definition) is 4. The normalized spacial score (nSPS) is 16.6. The van der Waals surface area contributed by atoms with E-state index >= 15 is 0 Å². The molecule has 0 saturated heterocycles. The van der Waals surface area contributed by atoms with Gasteiger partial charge in [-0.3, -0.25) is 9.59 Å². The maximum Gasteiger partial charge on any atom is 0.259 e. The predicted molar refractivity (Wildman–Crippen MR) is 88.0 cm³/mol. The van der Waals surface area contributed by atoms with Crippen LogP contribution in [0.2, 0.25) is 0 Å². The smallest absolute Gasteiger partial charge is 0.259 e. The van der Waals surface area contributed by atoms with Crippen LogP contribution in [0.1, 0.15) is 32.6 Å². The van der Waals surface area contributed by atoms with Crippen LogP contribution in [0.5, 0.6) is 0 Å². The summed E-state index contributed by atoms with van der Waals surface area (Å²) in [6.07, 6.45) is 4.37. The third kappa shape index (κ3) is 3.72. The number of thioether (sulfide) groups is 1. The Hall–Kier alpha value is -1.89. The van der Waals surface area contributed by atoms with Crippen molar-refractivity contribution in [3.63, 3.8) is 0 Å². The van der Waals surface area contributed by atoms with Crippen LogP contribution >= 0.6 is 11.8 Å². The van der Waals surface area contributed by atoms with Crippen molar-refractivity contribution >= 4 is 28.6 Å². The van der Waals surface area contributed by atoms with Crippen molar-refractivity contribution in [2.24, 2.45) is 0 Å². The van der Waals surface area contributed by atoms with E-state index in [-0.39, 0.29) is 22.6 Å². The summed E-state index contributed by atoms with van der Waals surface area (Å²) in [5.41, 5.74) is 0.0152. The van der Waals surface area contributed by atoms with Crippen LogP contribution in [-0.2, 0) is 4.79 Å². The Morgan fingerprint density at radius 3 is 2.91 bits per heavy atom. The van der Waals surface area contributed by atoms with Gasteiger partial charge in [-0.2, -0.15) is 0 Å². The van der Waals surface area contributed by atoms with E-state index in [4.69, 9.17) is 0 Å². The largest absolute Gasteiger partial charge is 0.352 e. The van der Waals surface area contributed by atoms with Gasteiger partial charge in [0.15, 0.2) is 5.16 Å². The first kappa shape index (κ1) is 16.0. The summed E-state index contributed by atoms with van der Waals surface area (Å²) >= 11 is 1.20. The number of carbonyl (C=O) groups excluding carboxylic acids is 1. The Kier molecular flexibility index (Phi) is 4.66. The number of aromatic nitrogens is 2. The number of rotatable bonds is 4. The van der Waals surface area contributed by atoms with Gasteiger partial charge < -0.3 is 10.3 Å².